The molecule has 0 bridgehead atoms. The molecule has 0 heterocycles. The molecular weight excluding hydrogens is 494 g/mol. The molecule has 39 heavy (non-hydrogen) atoms. The Morgan fingerprint density at radius 3 is 2.15 bits per heavy atom. The molecule has 0 spiro atoms. The van der Waals surface area contributed by atoms with Gasteiger partial charge in [0.2, 0.25) is 11.8 Å². The first kappa shape index (κ1) is 28.3. The Morgan fingerprint density at radius 2 is 1.59 bits per heavy atom. The molecule has 3 amide bonds. The molecule has 0 radical (unpaired) electrons. The minimum atomic E-state index is -0.712. The zero-order valence-corrected chi connectivity index (χ0v) is 22.8. The molecule has 0 unspecified atom stereocenters. The molecule has 2 aromatic rings. The summed E-state index contributed by atoms with van der Waals surface area (Å²) >= 11 is 0. The first-order chi connectivity index (χ1) is 18.7. The van der Waals surface area contributed by atoms with Gasteiger partial charge in [-0.05, 0) is 60.3 Å². The number of nitrogens with two attached hydrogens (primary N) is 1. The molecule has 0 saturated heterocycles. The maximum atomic E-state index is 13.1. The van der Waals surface area contributed by atoms with E-state index in [2.05, 4.69) is 34.9 Å². The maximum Gasteiger partial charge on any atom is 0.407 e. The summed E-state index contributed by atoms with van der Waals surface area (Å²) in [6.07, 6.45) is 2.48. The number of benzene rings is 2. The van der Waals surface area contributed by atoms with E-state index in [0.29, 0.717) is 25.8 Å². The molecule has 2 aliphatic rings. The van der Waals surface area contributed by atoms with Crippen LogP contribution in [0, 0.1) is 17.8 Å². The van der Waals surface area contributed by atoms with Crippen molar-refractivity contribution in [2.45, 2.75) is 64.3 Å². The average Bonchev–Trinajstić information content (AvgIpc) is 3.71. The summed E-state index contributed by atoms with van der Waals surface area (Å²) in [5.74, 6) is -1.23. The van der Waals surface area contributed by atoms with Gasteiger partial charge in [-0.15, -0.1) is 0 Å². The fourth-order valence-electron chi connectivity index (χ4n) is 5.35. The Bertz CT molecular complexity index is 1160. The summed E-state index contributed by atoms with van der Waals surface area (Å²) in [5.41, 5.74) is 10.2. The second-order valence-electron chi connectivity index (χ2n) is 11.1. The number of nitrogens with one attached hydrogen (secondary N) is 2. The quantitative estimate of drug-likeness (QED) is 0.312. The van der Waals surface area contributed by atoms with Crippen molar-refractivity contribution >= 4 is 23.7 Å². The topological polar surface area (TPSA) is 128 Å². The first-order valence-electron chi connectivity index (χ1n) is 14.0. The fraction of sp³-hybridized carbons (Fsp3) is 0.484. The van der Waals surface area contributed by atoms with E-state index in [1.54, 1.807) is 0 Å². The van der Waals surface area contributed by atoms with Gasteiger partial charge in [0.25, 0.3) is 0 Å². The molecule has 4 N–H and O–H groups in total. The molecule has 1 fully saturated rings. The molecule has 2 aliphatic carbocycles. The number of amides is 3. The van der Waals surface area contributed by atoms with E-state index >= 15 is 0 Å². The minimum absolute atomic E-state index is 0.00291. The van der Waals surface area contributed by atoms with Crippen molar-refractivity contribution in [2.75, 3.05) is 13.2 Å². The Balaban J connectivity index is 1.27. The van der Waals surface area contributed by atoms with Crippen LogP contribution in [0.1, 0.15) is 69.4 Å². The maximum absolute atomic E-state index is 13.1. The monoisotopic (exact) mass is 533 g/mol. The normalized spacial score (nSPS) is 15.7. The van der Waals surface area contributed by atoms with E-state index in [1.807, 2.05) is 38.1 Å². The van der Waals surface area contributed by atoms with Gasteiger partial charge >= 0.3 is 6.09 Å². The summed E-state index contributed by atoms with van der Waals surface area (Å²) in [5, 5.41) is 5.62. The second kappa shape index (κ2) is 12.9. The van der Waals surface area contributed by atoms with E-state index in [4.69, 9.17) is 10.5 Å². The number of fused-ring (bicyclic) bond motifs is 3. The van der Waals surface area contributed by atoms with Gasteiger partial charge in [-0.25, -0.2) is 4.79 Å². The van der Waals surface area contributed by atoms with Crippen molar-refractivity contribution in [1.29, 1.82) is 0 Å². The molecule has 208 valence electrons. The van der Waals surface area contributed by atoms with Crippen LogP contribution in [0.4, 0.5) is 4.79 Å². The minimum Gasteiger partial charge on any atom is -0.449 e. The molecule has 8 nitrogen and oxygen atoms in total. The molecule has 4 rings (SSSR count). The summed E-state index contributed by atoms with van der Waals surface area (Å²) in [7, 11) is 0. The Morgan fingerprint density at radius 1 is 0.974 bits per heavy atom. The van der Waals surface area contributed by atoms with Crippen molar-refractivity contribution < 1.29 is 23.9 Å². The van der Waals surface area contributed by atoms with Crippen LogP contribution in [0.2, 0.25) is 0 Å². The van der Waals surface area contributed by atoms with Crippen LogP contribution < -0.4 is 16.4 Å². The van der Waals surface area contributed by atoms with Crippen LogP contribution in [0.25, 0.3) is 11.1 Å². The van der Waals surface area contributed by atoms with Crippen LogP contribution in [0.15, 0.2) is 48.5 Å². The van der Waals surface area contributed by atoms with E-state index < -0.39 is 24.0 Å². The zero-order valence-electron chi connectivity index (χ0n) is 22.8. The highest BCUT2D eigenvalue weighted by Crippen LogP contribution is 2.44. The largest absolute Gasteiger partial charge is 0.449 e. The molecule has 1 saturated carbocycles. The lowest BCUT2D eigenvalue weighted by Gasteiger charge is -2.21. The van der Waals surface area contributed by atoms with Crippen molar-refractivity contribution in [3.63, 3.8) is 0 Å². The Kier molecular flexibility index (Phi) is 9.38. The lowest BCUT2D eigenvalue weighted by molar-refractivity contribution is -0.131. The Hall–Kier alpha value is -3.68. The summed E-state index contributed by atoms with van der Waals surface area (Å²) < 4.78 is 5.58. The third-order valence-electron chi connectivity index (χ3n) is 7.54. The van der Waals surface area contributed by atoms with Gasteiger partial charge in [-0.2, -0.15) is 0 Å². The van der Waals surface area contributed by atoms with Gasteiger partial charge in [-0.1, -0.05) is 62.4 Å². The van der Waals surface area contributed by atoms with Gasteiger partial charge in [0.05, 0.1) is 6.04 Å². The highest BCUT2D eigenvalue weighted by molar-refractivity contribution is 5.93. The number of hydrogen-bond donors (Lipinski definition) is 3. The van der Waals surface area contributed by atoms with Crippen LogP contribution >= 0.6 is 0 Å². The van der Waals surface area contributed by atoms with Gasteiger partial charge < -0.3 is 21.1 Å². The third kappa shape index (κ3) is 7.46. The lowest BCUT2D eigenvalue weighted by Crippen LogP contribution is -2.43. The van der Waals surface area contributed by atoms with Crippen LogP contribution in [-0.4, -0.2) is 42.9 Å². The van der Waals surface area contributed by atoms with Gasteiger partial charge in [0.15, 0.2) is 5.78 Å². The van der Waals surface area contributed by atoms with Crippen molar-refractivity contribution in [3.05, 3.63) is 59.7 Å². The zero-order chi connectivity index (χ0) is 27.9. The molecular formula is C31H39N3O5. The smallest absolute Gasteiger partial charge is 0.407 e. The van der Waals surface area contributed by atoms with Gasteiger partial charge in [0.1, 0.15) is 6.61 Å². The molecule has 0 aliphatic heterocycles. The predicted molar refractivity (Wildman–Crippen MR) is 149 cm³/mol. The number of primary amides is 1. The lowest BCUT2D eigenvalue weighted by atomic mass is 9.89. The molecule has 2 atom stereocenters. The summed E-state index contributed by atoms with van der Waals surface area (Å²) in [6.45, 7) is 4.47. The molecule has 8 heteroatoms. The van der Waals surface area contributed by atoms with Crippen LogP contribution in [0.3, 0.4) is 0 Å². The van der Waals surface area contributed by atoms with Gasteiger partial charge in [-0.3, -0.25) is 14.4 Å². The number of ketones is 1. The van der Waals surface area contributed by atoms with Crippen molar-refractivity contribution in [1.82, 2.24) is 10.6 Å². The Labute approximate surface area is 230 Å². The number of hydrogen-bond acceptors (Lipinski definition) is 5. The average molecular weight is 534 g/mol. The number of Topliss-reactive ketones (excluding diaryl/α,β-unsaturated/α-hetero) is 1. The fourth-order valence-corrected chi connectivity index (χ4v) is 5.35. The molecule has 0 aromatic heterocycles. The predicted octanol–water partition coefficient (Wildman–Crippen LogP) is 4.31. The van der Waals surface area contributed by atoms with Crippen LogP contribution in [-0.2, 0) is 19.1 Å². The van der Waals surface area contributed by atoms with Gasteiger partial charge in [0, 0.05) is 30.7 Å². The third-order valence-corrected chi connectivity index (χ3v) is 7.54. The van der Waals surface area contributed by atoms with E-state index in [0.717, 1.165) is 35.1 Å². The van der Waals surface area contributed by atoms with Crippen LogP contribution in [0.5, 0.6) is 0 Å². The first-order valence-corrected chi connectivity index (χ1v) is 14.0. The number of rotatable bonds is 14. The van der Waals surface area contributed by atoms with Crippen molar-refractivity contribution in [3.8, 4) is 11.1 Å². The van der Waals surface area contributed by atoms with E-state index in [1.165, 1.54) is 0 Å². The van der Waals surface area contributed by atoms with E-state index in [9.17, 15) is 19.2 Å². The van der Waals surface area contributed by atoms with E-state index in [-0.39, 0.29) is 42.5 Å². The number of ether oxygens (including phenoxy) is 1. The number of alkyl carbamates (subject to hydrolysis) is 1. The number of carbonyl (C=O) groups excluding carboxylic acids is 4. The summed E-state index contributed by atoms with van der Waals surface area (Å²) in [4.78, 5) is 49.8. The SMILES string of the molecule is CC(C)C[C@H](CC(=O)[C@H](CCCNC(=O)OCC1c2ccccc2-c2ccccc21)NC(=O)C1CC1)C(N)=O. The second-order valence-corrected chi connectivity index (χ2v) is 11.1. The highest BCUT2D eigenvalue weighted by atomic mass is 16.5. The summed E-state index contributed by atoms with van der Waals surface area (Å²) in [6, 6.07) is 15.6. The van der Waals surface area contributed by atoms with Crippen molar-refractivity contribution in [2.24, 2.45) is 23.5 Å². The standard InChI is InChI=1S/C31H39N3O5/c1-19(2)16-21(29(32)36)17-28(35)27(34-30(37)20-13-14-20)12-7-15-33-31(38)39-18-26-24-10-5-3-8-22(24)23-9-4-6-11-25(23)26/h3-6,8-11,19-21,26-27H,7,12-18H2,1-2H3,(H2,32,36)(H,33,38)(H,34,37)/t21-,27+/m1/s1. The molecule has 2 aromatic carbocycles. The highest BCUT2D eigenvalue weighted by Gasteiger charge is 2.34. The number of carbonyl (C=O) groups is 4.